The number of thioether (sulfide) groups is 1. The van der Waals surface area contributed by atoms with Gasteiger partial charge in [-0.2, -0.15) is 0 Å². The molecule has 2 aromatic carbocycles. The summed E-state index contributed by atoms with van der Waals surface area (Å²) in [4.78, 5) is 14.0. The molecule has 0 spiro atoms. The first kappa shape index (κ1) is 15.2. The number of amidine groups is 1. The molecule has 0 fully saturated rings. The number of anilines is 1. The van der Waals surface area contributed by atoms with Crippen LogP contribution in [-0.4, -0.2) is 22.2 Å². The number of aliphatic imine (C=N–C) groups is 1. The van der Waals surface area contributed by atoms with Gasteiger partial charge in [0, 0.05) is 12.1 Å². The second-order valence-electron chi connectivity index (χ2n) is 5.37. The van der Waals surface area contributed by atoms with Crippen molar-refractivity contribution in [2.75, 3.05) is 12.1 Å². The van der Waals surface area contributed by atoms with Crippen molar-refractivity contribution in [2.24, 2.45) is 4.99 Å². The molecule has 5 nitrogen and oxygen atoms in total. The molecule has 0 aliphatic carbocycles. The summed E-state index contributed by atoms with van der Waals surface area (Å²) in [7, 11) is 1.91. The molecule has 120 valence electrons. The number of nitrogens with zero attached hydrogens (tertiary/aromatic N) is 4. The molecule has 7 heteroatoms. The molecule has 0 amide bonds. The zero-order valence-electron chi connectivity index (χ0n) is 12.9. The van der Waals surface area contributed by atoms with E-state index in [1.54, 1.807) is 0 Å². The zero-order valence-corrected chi connectivity index (χ0v) is 14.5. The largest absolute Gasteiger partial charge is 0.275 e. The molecule has 1 aromatic heterocycles. The summed E-state index contributed by atoms with van der Waals surface area (Å²) in [5.41, 5.74) is 6.00. The van der Waals surface area contributed by atoms with Crippen molar-refractivity contribution < 1.29 is 0 Å². The molecule has 0 radical (unpaired) electrons. The second kappa shape index (κ2) is 6.30. The Balaban J connectivity index is 1.66. The number of hydrogen-bond donors (Lipinski definition) is 1. The van der Waals surface area contributed by atoms with E-state index in [4.69, 9.17) is 11.6 Å². The van der Waals surface area contributed by atoms with Gasteiger partial charge in [0.2, 0.25) is 0 Å². The van der Waals surface area contributed by atoms with E-state index < -0.39 is 0 Å². The average molecular weight is 356 g/mol. The van der Waals surface area contributed by atoms with Gasteiger partial charge in [-0.15, -0.1) is 0 Å². The predicted octanol–water partition coefficient (Wildman–Crippen LogP) is 3.89. The van der Waals surface area contributed by atoms with Gasteiger partial charge >= 0.3 is 0 Å². The van der Waals surface area contributed by atoms with Crippen molar-refractivity contribution in [1.82, 2.24) is 15.4 Å². The van der Waals surface area contributed by atoms with Gasteiger partial charge in [0.15, 0.2) is 11.0 Å². The Bertz CT molecular complexity index is 929. The fraction of sp³-hybridized carbons (Fsp3) is 0.118. The minimum Gasteiger partial charge on any atom is -0.275 e. The van der Waals surface area contributed by atoms with E-state index in [0.29, 0.717) is 11.6 Å². The topological polar surface area (TPSA) is 53.4 Å². The minimum absolute atomic E-state index is 0.617. The van der Waals surface area contributed by atoms with Crippen LogP contribution in [0.15, 0.2) is 58.5 Å². The number of benzene rings is 2. The molecular weight excluding hydrogens is 342 g/mol. The lowest BCUT2D eigenvalue weighted by atomic mass is 10.2. The van der Waals surface area contributed by atoms with Crippen molar-refractivity contribution >= 4 is 45.4 Å². The van der Waals surface area contributed by atoms with E-state index in [9.17, 15) is 0 Å². The minimum atomic E-state index is 0.617. The highest BCUT2D eigenvalue weighted by molar-refractivity contribution is 8.14. The fourth-order valence-corrected chi connectivity index (χ4v) is 3.49. The van der Waals surface area contributed by atoms with Crippen LogP contribution >= 0.6 is 23.4 Å². The molecule has 1 N–H and O–H groups in total. The standard InChI is InChI=1S/C17H14ClN5S/c1-23-15-16(21-14-9-12(18)7-8-13(14)20-15)24-17(22-23)19-10-11-5-3-2-4-6-11/h2-9H,10H2,1H3,(H,19,22). The highest BCUT2D eigenvalue weighted by atomic mass is 35.5. The molecule has 0 unspecified atom stereocenters. The summed E-state index contributed by atoms with van der Waals surface area (Å²) in [6.45, 7) is 0.617. The summed E-state index contributed by atoms with van der Waals surface area (Å²) in [6, 6.07) is 15.7. The molecule has 1 aliphatic rings. The number of nitrogens with one attached hydrogen (secondary N) is 1. The monoisotopic (exact) mass is 355 g/mol. The molecule has 24 heavy (non-hydrogen) atoms. The van der Waals surface area contributed by atoms with Crippen molar-refractivity contribution in [3.63, 3.8) is 0 Å². The maximum Gasteiger partial charge on any atom is 0.182 e. The summed E-state index contributed by atoms with van der Waals surface area (Å²) in [5, 5.41) is 4.11. The van der Waals surface area contributed by atoms with Crippen LogP contribution in [0.5, 0.6) is 0 Å². The van der Waals surface area contributed by atoms with Gasteiger partial charge in [-0.25, -0.2) is 9.97 Å². The van der Waals surface area contributed by atoms with Crippen LogP contribution in [0.4, 0.5) is 5.82 Å². The van der Waals surface area contributed by atoms with Crippen LogP contribution in [0.2, 0.25) is 5.02 Å². The van der Waals surface area contributed by atoms with E-state index in [2.05, 4.69) is 32.5 Å². The third-order valence-electron chi connectivity index (χ3n) is 3.60. The summed E-state index contributed by atoms with van der Waals surface area (Å²) < 4.78 is 0. The number of aromatic nitrogens is 2. The van der Waals surface area contributed by atoms with E-state index in [0.717, 1.165) is 32.6 Å². The summed E-state index contributed by atoms with van der Waals surface area (Å²) in [5.74, 6) is 0.786. The van der Waals surface area contributed by atoms with Crippen LogP contribution in [0.1, 0.15) is 5.56 Å². The number of rotatable bonds is 2. The molecular formula is C17H14ClN5S. The van der Waals surface area contributed by atoms with Gasteiger partial charge < -0.3 is 0 Å². The van der Waals surface area contributed by atoms with Gasteiger partial charge in [0.25, 0.3) is 0 Å². The van der Waals surface area contributed by atoms with E-state index in [1.165, 1.54) is 11.8 Å². The van der Waals surface area contributed by atoms with Gasteiger partial charge in [0.05, 0.1) is 17.6 Å². The number of fused-ring (bicyclic) bond motifs is 2. The molecule has 3 aromatic rings. The Morgan fingerprint density at radius 1 is 1.12 bits per heavy atom. The smallest absolute Gasteiger partial charge is 0.182 e. The van der Waals surface area contributed by atoms with Crippen molar-refractivity contribution in [3.8, 4) is 0 Å². The van der Waals surface area contributed by atoms with E-state index in [1.807, 2.05) is 48.5 Å². The lowest BCUT2D eigenvalue weighted by molar-refractivity contribution is 0.825. The average Bonchev–Trinajstić information content (AvgIpc) is 2.59. The quantitative estimate of drug-likeness (QED) is 0.755. The number of hydrogen-bond acceptors (Lipinski definition) is 5. The Morgan fingerprint density at radius 3 is 2.79 bits per heavy atom. The third-order valence-corrected chi connectivity index (χ3v) is 4.72. The van der Waals surface area contributed by atoms with Crippen LogP contribution in [0.25, 0.3) is 11.0 Å². The fourth-order valence-electron chi connectivity index (χ4n) is 2.41. The Morgan fingerprint density at radius 2 is 1.96 bits per heavy atom. The van der Waals surface area contributed by atoms with Crippen molar-refractivity contribution in [2.45, 2.75) is 11.6 Å². The molecule has 0 bridgehead atoms. The lowest BCUT2D eigenvalue weighted by Crippen LogP contribution is -2.42. The van der Waals surface area contributed by atoms with Crippen LogP contribution < -0.4 is 10.4 Å². The molecule has 1 aliphatic heterocycles. The Kier molecular flexibility index (Phi) is 4.00. The maximum absolute atomic E-state index is 6.06. The van der Waals surface area contributed by atoms with Gasteiger partial charge in [0.1, 0.15) is 5.03 Å². The summed E-state index contributed by atoms with van der Waals surface area (Å²) in [6.07, 6.45) is 0. The molecule has 0 saturated heterocycles. The Hall–Kier alpha value is -2.31. The lowest BCUT2D eigenvalue weighted by Gasteiger charge is -2.27. The molecule has 0 atom stereocenters. The van der Waals surface area contributed by atoms with Crippen molar-refractivity contribution in [3.05, 3.63) is 59.1 Å². The van der Waals surface area contributed by atoms with Crippen LogP contribution in [0, 0.1) is 0 Å². The highest BCUT2D eigenvalue weighted by Gasteiger charge is 2.22. The SMILES string of the molecule is CN1NC(=NCc2ccccc2)Sc2nc3cc(Cl)ccc3nc21. The van der Waals surface area contributed by atoms with Crippen molar-refractivity contribution in [1.29, 1.82) is 0 Å². The number of hydrazine groups is 1. The van der Waals surface area contributed by atoms with Gasteiger partial charge in [-0.3, -0.25) is 15.4 Å². The maximum atomic E-state index is 6.06. The predicted molar refractivity (Wildman–Crippen MR) is 99.5 cm³/mol. The summed E-state index contributed by atoms with van der Waals surface area (Å²) >= 11 is 7.54. The normalized spacial score (nSPS) is 15.4. The zero-order chi connectivity index (χ0) is 16.5. The third kappa shape index (κ3) is 3.02. The first-order valence-corrected chi connectivity index (χ1v) is 8.62. The van der Waals surface area contributed by atoms with Crippen LogP contribution in [-0.2, 0) is 6.54 Å². The molecule has 4 rings (SSSR count). The number of halogens is 1. The van der Waals surface area contributed by atoms with Gasteiger partial charge in [-0.05, 0) is 35.5 Å². The molecule has 0 saturated carbocycles. The van der Waals surface area contributed by atoms with Gasteiger partial charge in [-0.1, -0.05) is 41.9 Å². The highest BCUT2D eigenvalue weighted by Crippen LogP contribution is 2.32. The second-order valence-corrected chi connectivity index (χ2v) is 6.78. The van der Waals surface area contributed by atoms with Crippen LogP contribution in [0.3, 0.4) is 0 Å². The Labute approximate surface area is 148 Å². The van der Waals surface area contributed by atoms with E-state index in [-0.39, 0.29) is 0 Å². The van der Waals surface area contributed by atoms with E-state index >= 15 is 0 Å². The molecule has 2 heterocycles. The first-order valence-electron chi connectivity index (χ1n) is 7.43. The first-order chi connectivity index (χ1) is 11.7.